The van der Waals surface area contributed by atoms with Crippen LogP contribution in [0.4, 0.5) is 18.0 Å². The molecule has 0 aliphatic carbocycles. The molecule has 1 atom stereocenters. The van der Waals surface area contributed by atoms with Crippen LogP contribution in [0.2, 0.25) is 0 Å². The fourth-order valence-electron chi connectivity index (χ4n) is 3.16. The number of carbonyl (C=O) groups is 1. The molecule has 1 saturated heterocycles. The van der Waals surface area contributed by atoms with Crippen LogP contribution >= 0.6 is 24.0 Å². The van der Waals surface area contributed by atoms with Crippen molar-refractivity contribution < 1.29 is 22.7 Å². The van der Waals surface area contributed by atoms with Crippen molar-refractivity contribution in [2.45, 2.75) is 64.9 Å². The Morgan fingerprint density at radius 2 is 2.03 bits per heavy atom. The molecular formula is C19H32F3IN6O2. The van der Waals surface area contributed by atoms with Gasteiger partial charge in [-0.3, -0.25) is 4.68 Å². The molecule has 1 aliphatic heterocycles. The predicted molar refractivity (Wildman–Crippen MR) is 122 cm³/mol. The molecule has 0 saturated carbocycles. The Morgan fingerprint density at radius 1 is 1.35 bits per heavy atom. The van der Waals surface area contributed by atoms with Crippen LogP contribution in [0.1, 0.15) is 51.8 Å². The van der Waals surface area contributed by atoms with Crippen LogP contribution in [0.5, 0.6) is 0 Å². The zero-order valence-corrected chi connectivity index (χ0v) is 20.9. The Labute approximate surface area is 198 Å². The van der Waals surface area contributed by atoms with Gasteiger partial charge in [0.15, 0.2) is 11.7 Å². The summed E-state index contributed by atoms with van der Waals surface area (Å²) < 4.78 is 46.0. The maximum atomic E-state index is 13.1. The highest BCUT2D eigenvalue weighted by atomic mass is 127. The van der Waals surface area contributed by atoms with Gasteiger partial charge >= 0.3 is 12.3 Å². The molecule has 0 bridgehead atoms. The number of hydrogen-bond donors (Lipinski definition) is 2. The standard InChI is InChI=1S/C19H31F3N6O2.HI/c1-6-23-16(24-10-13-11-27(5)26-15(13)19(20,21)22)25-14-8-7-9-28(12-14)17(29)30-18(2,3)4;/h11,14H,6-10,12H2,1-5H3,(H2,23,24,25);1H. The van der Waals surface area contributed by atoms with Crippen molar-refractivity contribution in [3.8, 4) is 0 Å². The van der Waals surface area contributed by atoms with Gasteiger partial charge in [-0.2, -0.15) is 18.3 Å². The quantitative estimate of drug-likeness (QED) is 0.335. The average molecular weight is 560 g/mol. The van der Waals surface area contributed by atoms with Crippen molar-refractivity contribution in [1.29, 1.82) is 0 Å². The molecule has 1 unspecified atom stereocenters. The third-order valence-corrected chi connectivity index (χ3v) is 4.34. The van der Waals surface area contributed by atoms with Crippen molar-refractivity contribution in [2.24, 2.45) is 12.0 Å². The smallest absolute Gasteiger partial charge is 0.435 e. The van der Waals surface area contributed by atoms with Crippen molar-refractivity contribution in [1.82, 2.24) is 25.3 Å². The average Bonchev–Trinajstić information content (AvgIpc) is 3.00. The van der Waals surface area contributed by atoms with Crippen molar-refractivity contribution in [3.63, 3.8) is 0 Å². The van der Waals surface area contributed by atoms with E-state index in [1.807, 2.05) is 27.7 Å². The molecule has 0 aromatic carbocycles. The van der Waals surface area contributed by atoms with E-state index in [0.29, 0.717) is 25.6 Å². The number of aromatic nitrogens is 2. The van der Waals surface area contributed by atoms with E-state index < -0.39 is 17.5 Å². The molecule has 0 spiro atoms. The van der Waals surface area contributed by atoms with E-state index in [4.69, 9.17) is 4.74 Å². The molecule has 2 N–H and O–H groups in total. The van der Waals surface area contributed by atoms with Gasteiger partial charge in [0.05, 0.1) is 6.54 Å². The third kappa shape index (κ3) is 8.73. The number of rotatable bonds is 4. The zero-order chi connectivity index (χ0) is 22.5. The van der Waals surface area contributed by atoms with Gasteiger partial charge in [-0.15, -0.1) is 24.0 Å². The first-order valence-electron chi connectivity index (χ1n) is 10.0. The topological polar surface area (TPSA) is 83.8 Å². The summed E-state index contributed by atoms with van der Waals surface area (Å²) in [6, 6.07) is -0.0833. The maximum absolute atomic E-state index is 13.1. The highest BCUT2D eigenvalue weighted by Crippen LogP contribution is 2.30. The number of halogens is 4. The molecule has 1 aliphatic rings. The summed E-state index contributed by atoms with van der Waals surface area (Å²) in [5, 5.41) is 9.77. The Balaban J connectivity index is 0.00000480. The van der Waals surface area contributed by atoms with Gasteiger partial charge in [0, 0.05) is 44.5 Å². The van der Waals surface area contributed by atoms with E-state index in [1.54, 1.807) is 4.90 Å². The minimum atomic E-state index is -4.53. The van der Waals surface area contributed by atoms with Crippen molar-refractivity contribution in [2.75, 3.05) is 19.6 Å². The minimum absolute atomic E-state index is 0. The van der Waals surface area contributed by atoms with Crippen LogP contribution in [-0.4, -0.2) is 58.0 Å². The highest BCUT2D eigenvalue weighted by Gasteiger charge is 2.36. The molecule has 1 aromatic heterocycles. The lowest BCUT2D eigenvalue weighted by Crippen LogP contribution is -2.53. The summed E-state index contributed by atoms with van der Waals surface area (Å²) in [6.45, 7) is 8.73. The first-order valence-corrected chi connectivity index (χ1v) is 10.0. The fourth-order valence-corrected chi connectivity index (χ4v) is 3.16. The number of aliphatic imine (C=N–C) groups is 1. The Bertz CT molecular complexity index is 761. The molecule has 1 fully saturated rings. The molecule has 1 amide bonds. The van der Waals surface area contributed by atoms with Gasteiger partial charge in [0.25, 0.3) is 0 Å². The Morgan fingerprint density at radius 3 is 2.61 bits per heavy atom. The monoisotopic (exact) mass is 560 g/mol. The van der Waals surface area contributed by atoms with E-state index in [1.165, 1.54) is 13.2 Å². The summed E-state index contributed by atoms with van der Waals surface area (Å²) >= 11 is 0. The molecule has 1 aromatic rings. The van der Waals surface area contributed by atoms with E-state index in [9.17, 15) is 18.0 Å². The molecule has 31 heavy (non-hydrogen) atoms. The molecule has 12 heteroatoms. The SMILES string of the molecule is CCNC(=NCc1cn(C)nc1C(F)(F)F)NC1CCCN(C(=O)OC(C)(C)C)C1.I. The van der Waals surface area contributed by atoms with Crippen LogP contribution < -0.4 is 10.6 Å². The summed E-state index contributed by atoms with van der Waals surface area (Å²) in [4.78, 5) is 18.3. The first kappa shape index (κ1) is 27.3. The maximum Gasteiger partial charge on any atom is 0.435 e. The summed E-state index contributed by atoms with van der Waals surface area (Å²) in [5.41, 5.74) is -1.51. The number of guanidine groups is 1. The lowest BCUT2D eigenvalue weighted by atomic mass is 10.1. The van der Waals surface area contributed by atoms with Crippen LogP contribution in [0.25, 0.3) is 0 Å². The van der Waals surface area contributed by atoms with Gasteiger partial charge in [-0.25, -0.2) is 9.79 Å². The number of alkyl halides is 3. The number of aryl methyl sites for hydroxylation is 1. The molecule has 2 rings (SSSR count). The molecule has 0 radical (unpaired) electrons. The van der Waals surface area contributed by atoms with E-state index >= 15 is 0 Å². The van der Waals surface area contributed by atoms with Crippen LogP contribution in [-0.2, 0) is 24.5 Å². The fraction of sp³-hybridized carbons (Fsp3) is 0.737. The van der Waals surface area contributed by atoms with Crippen LogP contribution in [0.15, 0.2) is 11.2 Å². The minimum Gasteiger partial charge on any atom is -0.444 e. The first-order chi connectivity index (χ1) is 13.9. The zero-order valence-electron chi connectivity index (χ0n) is 18.5. The summed E-state index contributed by atoms with van der Waals surface area (Å²) in [5.74, 6) is 0.394. The van der Waals surface area contributed by atoms with E-state index in [-0.39, 0.29) is 48.2 Å². The number of nitrogens with zero attached hydrogens (tertiary/aromatic N) is 4. The summed E-state index contributed by atoms with van der Waals surface area (Å²) in [6.07, 6.45) is -1.99. The number of hydrogen-bond acceptors (Lipinski definition) is 4. The van der Waals surface area contributed by atoms with Crippen LogP contribution in [0.3, 0.4) is 0 Å². The van der Waals surface area contributed by atoms with Crippen molar-refractivity contribution >= 4 is 36.0 Å². The van der Waals surface area contributed by atoms with E-state index in [0.717, 1.165) is 17.5 Å². The number of carbonyl (C=O) groups excluding carboxylic acids is 1. The number of amides is 1. The molecule has 178 valence electrons. The number of ether oxygens (including phenoxy) is 1. The van der Waals surface area contributed by atoms with E-state index in [2.05, 4.69) is 20.7 Å². The Kier molecular flexibility index (Phi) is 9.89. The number of nitrogens with one attached hydrogen (secondary N) is 2. The van der Waals surface area contributed by atoms with Gasteiger partial charge in [0.2, 0.25) is 0 Å². The van der Waals surface area contributed by atoms with Crippen molar-refractivity contribution in [3.05, 3.63) is 17.5 Å². The molecule has 8 nitrogen and oxygen atoms in total. The predicted octanol–water partition coefficient (Wildman–Crippen LogP) is 3.51. The second kappa shape index (κ2) is 11.2. The van der Waals surface area contributed by atoms with Gasteiger partial charge < -0.3 is 20.3 Å². The largest absolute Gasteiger partial charge is 0.444 e. The Hall–Kier alpha value is -1.73. The third-order valence-electron chi connectivity index (χ3n) is 4.34. The number of piperidine rings is 1. The van der Waals surface area contributed by atoms with Gasteiger partial charge in [0.1, 0.15) is 5.60 Å². The lowest BCUT2D eigenvalue weighted by molar-refractivity contribution is -0.142. The second-order valence-corrected chi connectivity index (χ2v) is 8.28. The second-order valence-electron chi connectivity index (χ2n) is 8.28. The van der Waals surface area contributed by atoms with Gasteiger partial charge in [-0.1, -0.05) is 0 Å². The van der Waals surface area contributed by atoms with Gasteiger partial charge in [-0.05, 0) is 40.5 Å². The molecular weight excluding hydrogens is 528 g/mol. The number of likely N-dealkylation sites (tertiary alicyclic amines) is 1. The normalized spacial score (nSPS) is 17.7. The summed E-state index contributed by atoms with van der Waals surface area (Å²) in [7, 11) is 1.44. The highest BCUT2D eigenvalue weighted by molar-refractivity contribution is 14.0. The molecule has 2 heterocycles. The van der Waals surface area contributed by atoms with Crippen LogP contribution in [0, 0.1) is 0 Å². The lowest BCUT2D eigenvalue weighted by Gasteiger charge is -2.35.